The number of carbonyl (C=O) groups is 2. The molecule has 0 bridgehead atoms. The third-order valence-corrected chi connectivity index (χ3v) is 5.21. The van der Waals surface area contributed by atoms with E-state index in [-0.39, 0.29) is 32.1 Å². The van der Waals surface area contributed by atoms with Gasteiger partial charge in [-0.25, -0.2) is 0 Å². The van der Waals surface area contributed by atoms with Crippen LogP contribution in [0.3, 0.4) is 0 Å². The van der Waals surface area contributed by atoms with Crippen LogP contribution in [0.1, 0.15) is 36.3 Å². The highest BCUT2D eigenvalue weighted by atomic mass is 32.2. The normalized spacial score (nSPS) is 11.6. The molecule has 0 fully saturated rings. The zero-order valence-corrected chi connectivity index (χ0v) is 25.5. The molecule has 0 aliphatic rings. The molecule has 5 N–H and O–H groups in total. The van der Waals surface area contributed by atoms with Crippen molar-refractivity contribution in [1.82, 2.24) is 4.98 Å². The largest absolute Gasteiger partial charge is 0.461 e. The number of nitrogens with two attached hydrogens (primary N) is 1. The Labute approximate surface area is 254 Å². The number of nitrogens with one attached hydrogen (secondary N) is 1. The van der Waals surface area contributed by atoms with E-state index in [4.69, 9.17) is 19.6 Å². The molecule has 2 aromatic carbocycles. The minimum atomic E-state index is -3.67. The monoisotopic (exact) mass is 658 g/mol. The molecule has 0 aliphatic heterocycles. The van der Waals surface area contributed by atoms with Crippen LogP contribution < -0.4 is 11.1 Å². The third kappa shape index (κ3) is 18.3. The highest BCUT2D eigenvalue weighted by Gasteiger charge is 2.19. The van der Waals surface area contributed by atoms with Crippen molar-refractivity contribution >= 4 is 48.6 Å². The number of hydrogen-bond donors (Lipinski definition) is 4. The summed E-state index contributed by atoms with van der Waals surface area (Å²) in [6.45, 7) is 0.184. The van der Waals surface area contributed by atoms with E-state index in [9.17, 15) is 36.5 Å². The molecule has 3 rings (SSSR count). The number of hydrogen-bond acceptors (Lipinski definition) is 12. The van der Waals surface area contributed by atoms with E-state index in [2.05, 4.69) is 15.1 Å². The molecule has 16 nitrogen and oxygen atoms in total. The minimum absolute atomic E-state index is 0.0457. The quantitative estimate of drug-likeness (QED) is 0.0716. The van der Waals surface area contributed by atoms with Crippen LogP contribution in [0.4, 0.5) is 5.69 Å². The Morgan fingerprint density at radius 1 is 1.00 bits per heavy atom. The number of benzene rings is 2. The van der Waals surface area contributed by atoms with Gasteiger partial charge in [0.05, 0.1) is 25.0 Å². The summed E-state index contributed by atoms with van der Waals surface area (Å²) in [5.74, 6) is -1.14. The van der Waals surface area contributed by atoms with Gasteiger partial charge in [-0.1, -0.05) is 30.3 Å². The van der Waals surface area contributed by atoms with Crippen LogP contribution in [-0.2, 0) is 46.0 Å². The molecule has 1 heterocycles. The first-order valence-electron chi connectivity index (χ1n) is 12.7. The molecule has 0 saturated heterocycles. The van der Waals surface area contributed by atoms with Crippen molar-refractivity contribution < 1.29 is 50.2 Å². The number of ether oxygens (including phenoxy) is 1. The van der Waals surface area contributed by atoms with Gasteiger partial charge in [0, 0.05) is 36.4 Å². The molecule has 0 spiro atoms. The van der Waals surface area contributed by atoms with E-state index in [1.165, 1.54) is 0 Å². The lowest BCUT2D eigenvalue weighted by Crippen LogP contribution is -2.27. The topological polar surface area (TPSA) is 255 Å². The van der Waals surface area contributed by atoms with Crippen LogP contribution in [0.5, 0.6) is 0 Å². The maximum absolute atomic E-state index is 12.8. The van der Waals surface area contributed by atoms with Gasteiger partial charge in [-0.05, 0) is 47.6 Å². The third-order valence-electron chi connectivity index (χ3n) is 5.21. The molecule has 44 heavy (non-hydrogen) atoms. The second-order valence-corrected chi connectivity index (χ2v) is 12.0. The fourth-order valence-corrected chi connectivity index (χ4v) is 3.38. The predicted octanol–water partition coefficient (Wildman–Crippen LogP) is 2.35. The first-order valence-corrected chi connectivity index (χ1v) is 16.4. The summed E-state index contributed by atoms with van der Waals surface area (Å²) >= 11 is 0. The molecule has 1 atom stereocenters. The summed E-state index contributed by atoms with van der Waals surface area (Å²) in [5, 5.41) is 14.1. The van der Waals surface area contributed by atoms with E-state index in [0.717, 1.165) is 21.9 Å². The van der Waals surface area contributed by atoms with Gasteiger partial charge in [0.15, 0.2) is 0 Å². The number of pyridine rings is 1. The average molecular weight is 659 g/mol. The smallest absolute Gasteiger partial charge is 0.306 e. The molecule has 1 amide bonds. The van der Waals surface area contributed by atoms with E-state index in [1.54, 1.807) is 36.7 Å². The summed E-state index contributed by atoms with van der Waals surface area (Å²) in [4.78, 5) is 43.0. The summed E-state index contributed by atoms with van der Waals surface area (Å²) in [6, 6.07) is 14.6. The molecule has 1 aromatic heterocycles. The minimum Gasteiger partial charge on any atom is -0.461 e. The Hall–Kier alpha value is -4.23. The number of rotatable bonds is 12. The number of fused-ring (bicyclic) bond motifs is 1. The Balaban J connectivity index is 0.000000837. The molecule has 1 unspecified atom stereocenters. The van der Waals surface area contributed by atoms with Gasteiger partial charge >= 0.3 is 5.97 Å². The van der Waals surface area contributed by atoms with Gasteiger partial charge in [-0.15, -0.1) is 10.1 Å². The van der Waals surface area contributed by atoms with Crippen molar-refractivity contribution in [1.29, 1.82) is 0 Å². The highest BCUT2D eigenvalue weighted by Crippen LogP contribution is 2.22. The van der Waals surface area contributed by atoms with Crippen molar-refractivity contribution in [2.45, 2.75) is 31.8 Å². The summed E-state index contributed by atoms with van der Waals surface area (Å²) in [5.41, 5.74) is 8.09. The van der Waals surface area contributed by atoms with Gasteiger partial charge in [0.1, 0.15) is 6.61 Å². The van der Waals surface area contributed by atoms with Crippen molar-refractivity contribution in [3.8, 4) is 0 Å². The van der Waals surface area contributed by atoms with E-state index >= 15 is 0 Å². The highest BCUT2D eigenvalue weighted by molar-refractivity contribution is 7.85. The first kappa shape index (κ1) is 37.8. The van der Waals surface area contributed by atoms with Gasteiger partial charge in [-0.2, -0.15) is 16.8 Å². The van der Waals surface area contributed by atoms with Crippen LogP contribution in [-0.4, -0.2) is 73.6 Å². The summed E-state index contributed by atoms with van der Waals surface area (Å²) in [6.07, 6.45) is 5.87. The lowest BCUT2D eigenvalue weighted by atomic mass is 9.97. The van der Waals surface area contributed by atoms with Crippen LogP contribution in [0.25, 0.3) is 10.8 Å². The first-order chi connectivity index (χ1) is 20.5. The summed E-state index contributed by atoms with van der Waals surface area (Å²) < 4.78 is 57.0. The lowest BCUT2D eigenvalue weighted by Gasteiger charge is -2.16. The number of esters is 1. The average Bonchev–Trinajstić information content (AvgIpc) is 2.91. The predicted molar refractivity (Wildman–Crippen MR) is 160 cm³/mol. The second-order valence-electron chi connectivity index (χ2n) is 9.10. The van der Waals surface area contributed by atoms with Gasteiger partial charge in [-0.3, -0.25) is 23.7 Å². The van der Waals surface area contributed by atoms with Crippen LogP contribution in [0.15, 0.2) is 60.9 Å². The molecule has 18 heteroatoms. The summed E-state index contributed by atoms with van der Waals surface area (Å²) in [7, 11) is -7.33. The fraction of sp³-hybridized carbons (Fsp3) is 0.346. The van der Waals surface area contributed by atoms with Crippen molar-refractivity contribution in [3.05, 3.63) is 82.2 Å². The number of carbonyl (C=O) groups excluding carboxylic acids is 2. The van der Waals surface area contributed by atoms with E-state index < -0.39 is 37.2 Å². The zero-order chi connectivity index (χ0) is 33.3. The maximum atomic E-state index is 12.8. The molecule has 0 radical (unpaired) electrons. The van der Waals surface area contributed by atoms with Crippen LogP contribution in [0, 0.1) is 10.1 Å². The molecule has 0 aliphatic carbocycles. The molecule has 242 valence electrons. The Bertz CT molecular complexity index is 1550. The van der Waals surface area contributed by atoms with Crippen molar-refractivity contribution in [2.75, 3.05) is 31.0 Å². The van der Waals surface area contributed by atoms with Gasteiger partial charge in [0.25, 0.3) is 25.3 Å². The maximum Gasteiger partial charge on any atom is 0.306 e. The number of amides is 1. The SMILES string of the molecule is CS(=O)(=O)O.CS(=O)(=O)O.NCC(C(=O)Nc1ccc2cnccc2c1)c1ccc(COC(=O)CCCCO[N+](=O)[O-])cc1. The lowest BCUT2D eigenvalue weighted by molar-refractivity contribution is -0.757. The Morgan fingerprint density at radius 3 is 2.18 bits per heavy atom. The number of aromatic nitrogens is 1. The molecular formula is C26H34N4O12S2. The molecule has 3 aromatic rings. The Kier molecular flexibility index (Phi) is 15.8. The second kappa shape index (κ2) is 18.4. The number of nitrogens with zero attached hydrogens (tertiary/aromatic N) is 2. The van der Waals surface area contributed by atoms with Crippen molar-refractivity contribution in [3.63, 3.8) is 0 Å². The zero-order valence-electron chi connectivity index (χ0n) is 23.9. The van der Waals surface area contributed by atoms with Crippen LogP contribution in [0.2, 0.25) is 0 Å². The standard InChI is InChI=1S/C24H26N4O6.2CH4O3S/c25-14-22(24(30)27-21-9-8-20-15-26-11-10-19(20)13-21)18-6-4-17(5-7-18)16-33-23(29)3-1-2-12-34-28(31)32;2*1-5(2,3)4/h4-11,13,15,22H,1-3,12,14,16,25H2,(H,27,30);2*1H3,(H,2,3,4). The molecular weight excluding hydrogens is 624 g/mol. The number of anilines is 1. The van der Waals surface area contributed by atoms with E-state index in [1.807, 2.05) is 24.3 Å². The number of unbranched alkanes of at least 4 members (excludes halogenated alkanes) is 1. The van der Waals surface area contributed by atoms with Crippen molar-refractivity contribution in [2.24, 2.45) is 5.73 Å². The van der Waals surface area contributed by atoms with E-state index in [0.29, 0.717) is 31.0 Å². The Morgan fingerprint density at radius 2 is 1.61 bits per heavy atom. The fourth-order valence-electron chi connectivity index (χ4n) is 3.38. The van der Waals surface area contributed by atoms with Gasteiger partial charge < -0.3 is 20.6 Å². The van der Waals surface area contributed by atoms with Gasteiger partial charge in [0.2, 0.25) is 5.91 Å². The van der Waals surface area contributed by atoms with Crippen LogP contribution >= 0.6 is 0 Å². The molecule has 0 saturated carbocycles.